The lowest BCUT2D eigenvalue weighted by Gasteiger charge is -2.05. The number of hydrogen-bond donors (Lipinski definition) is 0. The van der Waals surface area contributed by atoms with Crippen LogP contribution in [0.25, 0.3) is 11.1 Å². The van der Waals surface area contributed by atoms with Crippen molar-refractivity contribution in [3.63, 3.8) is 0 Å². The van der Waals surface area contributed by atoms with Gasteiger partial charge in [-0.25, -0.2) is 4.52 Å². The summed E-state index contributed by atoms with van der Waals surface area (Å²) in [7, 11) is 0. The third-order valence-corrected chi connectivity index (χ3v) is 3.39. The highest BCUT2D eigenvalue weighted by Crippen LogP contribution is 2.31. The van der Waals surface area contributed by atoms with Gasteiger partial charge < -0.3 is 0 Å². The lowest BCUT2D eigenvalue weighted by Crippen LogP contribution is -1.91. The number of fused-ring (bicyclic) bond motifs is 2. The van der Waals surface area contributed by atoms with E-state index in [0.717, 1.165) is 11.9 Å². The van der Waals surface area contributed by atoms with Gasteiger partial charge in [0.1, 0.15) is 0 Å². The summed E-state index contributed by atoms with van der Waals surface area (Å²) >= 11 is 0. The van der Waals surface area contributed by atoms with E-state index >= 15 is 0 Å². The summed E-state index contributed by atoms with van der Waals surface area (Å²) in [6.07, 6.45) is 8.85. The summed E-state index contributed by atoms with van der Waals surface area (Å²) in [4.78, 5) is 4.42. The highest BCUT2D eigenvalue weighted by Gasteiger charge is 2.16. The first-order chi connectivity index (χ1) is 8.92. The topological polar surface area (TPSA) is 30.2 Å². The number of allylic oxidation sites excluding steroid dienone is 1. The van der Waals surface area contributed by atoms with Gasteiger partial charge in [0.05, 0.1) is 11.2 Å². The summed E-state index contributed by atoms with van der Waals surface area (Å²) in [6, 6.07) is 10.4. The van der Waals surface area contributed by atoms with Gasteiger partial charge in [0.25, 0.3) is 0 Å². The van der Waals surface area contributed by atoms with Gasteiger partial charge in [-0.1, -0.05) is 12.1 Å². The molecule has 18 heavy (non-hydrogen) atoms. The maximum Gasteiger partial charge on any atom is 0.0667 e. The van der Waals surface area contributed by atoms with Crippen molar-refractivity contribution < 1.29 is 1.43 Å². The molecule has 1 aliphatic rings. The molecule has 0 aliphatic heterocycles. The molecule has 3 heteroatoms. The molecule has 1 aliphatic carbocycles. The van der Waals surface area contributed by atoms with Crippen LogP contribution >= 0.6 is 0 Å². The molecule has 3 heterocycles. The van der Waals surface area contributed by atoms with Gasteiger partial charge in [0.15, 0.2) is 0 Å². The van der Waals surface area contributed by atoms with Crippen molar-refractivity contribution in [2.45, 2.75) is 6.42 Å². The number of rotatable bonds is 1. The first kappa shape index (κ1) is 9.59. The second-order valence-electron chi connectivity index (χ2n) is 4.44. The third-order valence-electron chi connectivity index (χ3n) is 3.39. The average Bonchev–Trinajstić information content (AvgIpc) is 3.04. The zero-order valence-corrected chi connectivity index (χ0v) is 9.74. The van der Waals surface area contributed by atoms with Gasteiger partial charge >= 0.3 is 0 Å². The molecule has 3 aromatic heterocycles. The molecule has 88 valence electrons. The minimum atomic E-state index is 0. The van der Waals surface area contributed by atoms with Crippen LogP contribution in [0, 0.1) is 0 Å². The quantitative estimate of drug-likeness (QED) is 0.649. The van der Waals surface area contributed by atoms with Gasteiger partial charge in [0, 0.05) is 32.0 Å². The Morgan fingerprint density at radius 2 is 2.17 bits per heavy atom. The summed E-state index contributed by atoms with van der Waals surface area (Å²) in [6.45, 7) is 0. The predicted octanol–water partition coefficient (Wildman–Crippen LogP) is 2.96. The van der Waals surface area contributed by atoms with Crippen molar-refractivity contribution in [2.75, 3.05) is 0 Å². The molecule has 0 spiro atoms. The van der Waals surface area contributed by atoms with Crippen molar-refractivity contribution in [1.82, 2.24) is 14.6 Å². The Hall–Kier alpha value is -2.42. The van der Waals surface area contributed by atoms with Crippen LogP contribution in [0.4, 0.5) is 0 Å². The SMILES string of the molecule is C1=C(c2ccn3nccc3c2)c2cccnc2C1.[HH]. The van der Waals surface area contributed by atoms with E-state index in [0.29, 0.717) is 0 Å². The Balaban J connectivity index is 0.00000110. The predicted molar refractivity (Wildman–Crippen MR) is 72.3 cm³/mol. The highest BCUT2D eigenvalue weighted by atomic mass is 15.2. The minimum Gasteiger partial charge on any atom is -0.260 e. The van der Waals surface area contributed by atoms with Crippen LogP contribution < -0.4 is 0 Å². The number of nitrogens with zero attached hydrogens (tertiary/aromatic N) is 3. The molecule has 3 aromatic rings. The lowest BCUT2D eigenvalue weighted by atomic mass is 10.0. The van der Waals surface area contributed by atoms with E-state index in [4.69, 9.17) is 0 Å². The Labute approximate surface area is 106 Å². The molecule has 0 bridgehead atoms. The zero-order valence-electron chi connectivity index (χ0n) is 9.74. The van der Waals surface area contributed by atoms with E-state index in [1.807, 2.05) is 35.2 Å². The standard InChI is InChI=1S/C15H11N3.H2/c1-2-14-13(3-4-15(14)16-7-1)11-6-9-18-12(10-11)5-8-17-18;/h1-3,5-10H,4H2;1H. The normalized spacial score (nSPS) is 13.7. The molecule has 4 rings (SSSR count). The summed E-state index contributed by atoms with van der Waals surface area (Å²) in [5.41, 5.74) is 6.05. The molecular weight excluding hydrogens is 222 g/mol. The maximum absolute atomic E-state index is 4.42. The van der Waals surface area contributed by atoms with E-state index in [9.17, 15) is 0 Å². The Bertz CT molecular complexity index is 774. The van der Waals surface area contributed by atoms with Gasteiger partial charge in [-0.05, 0) is 35.4 Å². The van der Waals surface area contributed by atoms with Gasteiger partial charge in [-0.3, -0.25) is 4.98 Å². The second kappa shape index (κ2) is 3.53. The summed E-state index contributed by atoms with van der Waals surface area (Å²) < 4.78 is 1.88. The number of aromatic nitrogens is 3. The Morgan fingerprint density at radius 3 is 3.17 bits per heavy atom. The Kier molecular flexibility index (Phi) is 1.88. The van der Waals surface area contributed by atoms with Gasteiger partial charge in [0.2, 0.25) is 0 Å². The van der Waals surface area contributed by atoms with E-state index in [-0.39, 0.29) is 1.43 Å². The lowest BCUT2D eigenvalue weighted by molar-refractivity contribution is 0.960. The van der Waals surface area contributed by atoms with Crippen molar-refractivity contribution in [2.24, 2.45) is 0 Å². The molecule has 0 radical (unpaired) electrons. The molecule has 0 saturated heterocycles. The van der Waals surface area contributed by atoms with Crippen molar-refractivity contribution in [3.05, 3.63) is 71.8 Å². The fraction of sp³-hybridized carbons (Fsp3) is 0.0667. The van der Waals surface area contributed by atoms with Crippen LogP contribution in [-0.2, 0) is 6.42 Å². The highest BCUT2D eigenvalue weighted by molar-refractivity contribution is 5.85. The van der Waals surface area contributed by atoms with Crippen molar-refractivity contribution in [3.8, 4) is 0 Å². The minimum absolute atomic E-state index is 0. The molecule has 0 aromatic carbocycles. The first-order valence-electron chi connectivity index (χ1n) is 6.00. The summed E-state index contributed by atoms with van der Waals surface area (Å²) in [5.74, 6) is 0. The van der Waals surface area contributed by atoms with E-state index in [2.05, 4.69) is 34.4 Å². The van der Waals surface area contributed by atoms with E-state index < -0.39 is 0 Å². The molecule has 0 amide bonds. The first-order valence-corrected chi connectivity index (χ1v) is 6.00. The number of pyridine rings is 2. The van der Waals surface area contributed by atoms with Gasteiger partial charge in [-0.2, -0.15) is 5.10 Å². The third kappa shape index (κ3) is 1.31. The zero-order chi connectivity index (χ0) is 11.9. The van der Waals surface area contributed by atoms with E-state index in [1.54, 1.807) is 0 Å². The van der Waals surface area contributed by atoms with Crippen LogP contribution in [0.5, 0.6) is 0 Å². The number of hydrogen-bond acceptors (Lipinski definition) is 2. The van der Waals surface area contributed by atoms with Crippen molar-refractivity contribution >= 4 is 11.1 Å². The molecule has 0 saturated carbocycles. The van der Waals surface area contributed by atoms with E-state index in [1.165, 1.54) is 22.4 Å². The van der Waals surface area contributed by atoms with Crippen molar-refractivity contribution in [1.29, 1.82) is 0 Å². The van der Waals surface area contributed by atoms with Crippen LogP contribution in [0.15, 0.2) is 55.0 Å². The van der Waals surface area contributed by atoms with Crippen LogP contribution in [0.2, 0.25) is 0 Å². The van der Waals surface area contributed by atoms with Gasteiger partial charge in [-0.15, -0.1) is 0 Å². The molecular formula is C15H13N3. The Morgan fingerprint density at radius 1 is 1.17 bits per heavy atom. The fourth-order valence-corrected chi connectivity index (χ4v) is 2.52. The summed E-state index contributed by atoms with van der Waals surface area (Å²) in [5, 5.41) is 4.22. The molecule has 3 nitrogen and oxygen atoms in total. The smallest absolute Gasteiger partial charge is 0.0667 e. The van der Waals surface area contributed by atoms with Crippen LogP contribution in [0.3, 0.4) is 0 Å². The molecule has 0 fully saturated rings. The average molecular weight is 235 g/mol. The van der Waals surface area contributed by atoms with Crippen LogP contribution in [-0.4, -0.2) is 14.6 Å². The fourth-order valence-electron chi connectivity index (χ4n) is 2.52. The van der Waals surface area contributed by atoms with Crippen LogP contribution in [0.1, 0.15) is 18.2 Å². The monoisotopic (exact) mass is 235 g/mol. The largest absolute Gasteiger partial charge is 0.260 e. The molecule has 0 atom stereocenters. The maximum atomic E-state index is 4.42. The molecule has 0 unspecified atom stereocenters. The molecule has 0 N–H and O–H groups in total. The second-order valence-corrected chi connectivity index (χ2v) is 4.44.